The van der Waals surface area contributed by atoms with Crippen LogP contribution in [0.3, 0.4) is 0 Å². The van der Waals surface area contributed by atoms with Crippen LogP contribution in [0.15, 0.2) is 30.3 Å². The van der Waals surface area contributed by atoms with Gasteiger partial charge in [0.25, 0.3) is 0 Å². The van der Waals surface area contributed by atoms with Crippen molar-refractivity contribution in [3.63, 3.8) is 0 Å². The molecule has 0 saturated heterocycles. The Kier molecular flexibility index (Phi) is 8.45. The van der Waals surface area contributed by atoms with Crippen LogP contribution in [0.2, 0.25) is 0 Å². The summed E-state index contributed by atoms with van der Waals surface area (Å²) < 4.78 is 10.7. The minimum atomic E-state index is -0.147. The highest BCUT2D eigenvalue weighted by Gasteiger charge is 2.17. The topological polar surface area (TPSA) is 71.1 Å². The lowest BCUT2D eigenvalue weighted by Crippen LogP contribution is -2.39. The maximum Gasteiger partial charge on any atom is 0.238 e. The van der Waals surface area contributed by atoms with Gasteiger partial charge in [0.1, 0.15) is 0 Å². The van der Waals surface area contributed by atoms with E-state index in [0.29, 0.717) is 18.0 Å². The molecule has 0 atom stereocenters. The van der Waals surface area contributed by atoms with Crippen LogP contribution < -0.4 is 14.8 Å². The molecule has 0 bridgehead atoms. The number of likely N-dealkylation sites (N-methyl/N-ethyl adjacent to an activating group) is 2. The highest BCUT2D eigenvalue weighted by atomic mass is 16.5. The first-order valence-electron chi connectivity index (χ1n) is 10.2. The Hall–Kier alpha value is -3.06. The predicted octanol–water partition coefficient (Wildman–Crippen LogP) is 3.16. The zero-order valence-electron chi connectivity index (χ0n) is 19.5. The number of hydrogen-bond donors (Lipinski definition) is 1. The molecule has 1 N–H and O–H groups in total. The smallest absolute Gasteiger partial charge is 0.238 e. The Bertz CT molecular complexity index is 922. The fraction of sp³-hybridized carbons (Fsp3) is 0.417. The number of hydrogen-bond acceptors (Lipinski definition) is 5. The summed E-state index contributed by atoms with van der Waals surface area (Å²) in [6, 6.07) is 9.67. The normalized spacial score (nSPS) is 10.7. The number of methoxy groups -OCH3 is 2. The van der Waals surface area contributed by atoms with Crippen LogP contribution in [0.5, 0.6) is 11.5 Å². The van der Waals surface area contributed by atoms with E-state index < -0.39 is 0 Å². The SMILES string of the molecule is COc1cc(C)c(CN(C)C(=O)CN(C)CC(=O)Nc2c(C)cccc2C)cc1OC. The minimum absolute atomic E-state index is 0.0726. The van der Waals surface area contributed by atoms with Gasteiger partial charge in [-0.1, -0.05) is 18.2 Å². The number of anilines is 1. The molecule has 0 radical (unpaired) electrons. The van der Waals surface area contributed by atoms with E-state index in [2.05, 4.69) is 5.32 Å². The summed E-state index contributed by atoms with van der Waals surface area (Å²) in [4.78, 5) is 28.5. The van der Waals surface area contributed by atoms with Crippen molar-refractivity contribution in [1.82, 2.24) is 9.80 Å². The number of ether oxygens (including phenoxy) is 2. The standard InChI is InChI=1S/C24H33N3O4/c1-16-9-8-10-17(2)24(16)25-22(28)14-26(4)15-23(29)27(5)13-19-12-21(31-7)20(30-6)11-18(19)3/h8-12H,13-15H2,1-7H3,(H,25,28). The van der Waals surface area contributed by atoms with E-state index in [9.17, 15) is 9.59 Å². The molecular weight excluding hydrogens is 394 g/mol. The number of aryl methyl sites for hydroxylation is 3. The number of amides is 2. The molecule has 0 aliphatic heterocycles. The van der Waals surface area contributed by atoms with Crippen LogP contribution in [-0.2, 0) is 16.1 Å². The van der Waals surface area contributed by atoms with Gasteiger partial charge in [0.05, 0.1) is 27.3 Å². The summed E-state index contributed by atoms with van der Waals surface area (Å²) in [5.74, 6) is 1.07. The van der Waals surface area contributed by atoms with Crippen LogP contribution in [0.4, 0.5) is 5.69 Å². The number of carbonyl (C=O) groups is 2. The lowest BCUT2D eigenvalue weighted by molar-refractivity contribution is -0.131. The molecule has 2 aromatic rings. The van der Waals surface area contributed by atoms with Crippen molar-refractivity contribution >= 4 is 17.5 Å². The van der Waals surface area contributed by atoms with Crippen molar-refractivity contribution < 1.29 is 19.1 Å². The highest BCUT2D eigenvalue weighted by molar-refractivity contribution is 5.94. The van der Waals surface area contributed by atoms with Crippen molar-refractivity contribution in [2.24, 2.45) is 0 Å². The molecule has 0 unspecified atom stereocenters. The molecule has 0 spiro atoms. The molecule has 168 valence electrons. The van der Waals surface area contributed by atoms with E-state index in [-0.39, 0.29) is 24.9 Å². The zero-order chi connectivity index (χ0) is 23.1. The lowest BCUT2D eigenvalue weighted by Gasteiger charge is -2.23. The Labute approximate surface area is 184 Å². The number of benzene rings is 2. The second kappa shape index (κ2) is 10.8. The Morgan fingerprint density at radius 1 is 0.903 bits per heavy atom. The van der Waals surface area contributed by atoms with Gasteiger partial charge >= 0.3 is 0 Å². The first kappa shape index (κ1) is 24.2. The largest absolute Gasteiger partial charge is 0.493 e. The van der Waals surface area contributed by atoms with Gasteiger partial charge in [-0.2, -0.15) is 0 Å². The molecule has 0 fully saturated rings. The number of rotatable bonds is 9. The second-order valence-corrected chi connectivity index (χ2v) is 7.87. The molecule has 31 heavy (non-hydrogen) atoms. The van der Waals surface area contributed by atoms with Crippen LogP contribution in [-0.4, -0.2) is 63.0 Å². The summed E-state index contributed by atoms with van der Waals surface area (Å²) in [7, 11) is 6.70. The van der Waals surface area contributed by atoms with Crippen molar-refractivity contribution in [2.75, 3.05) is 46.7 Å². The summed E-state index contributed by atoms with van der Waals surface area (Å²) in [5, 5.41) is 2.95. The van der Waals surface area contributed by atoms with E-state index in [1.54, 1.807) is 38.1 Å². The summed E-state index contributed by atoms with van der Waals surface area (Å²) >= 11 is 0. The van der Waals surface area contributed by atoms with Crippen molar-refractivity contribution in [1.29, 1.82) is 0 Å². The molecular formula is C24H33N3O4. The van der Waals surface area contributed by atoms with Crippen molar-refractivity contribution in [3.05, 3.63) is 52.6 Å². The predicted molar refractivity (Wildman–Crippen MR) is 123 cm³/mol. The van der Waals surface area contributed by atoms with Gasteiger partial charge in [-0.15, -0.1) is 0 Å². The van der Waals surface area contributed by atoms with Gasteiger partial charge in [0.15, 0.2) is 11.5 Å². The van der Waals surface area contributed by atoms with E-state index in [4.69, 9.17) is 9.47 Å². The van der Waals surface area contributed by atoms with Gasteiger partial charge < -0.3 is 19.7 Å². The van der Waals surface area contributed by atoms with E-state index in [1.807, 2.05) is 51.1 Å². The number of carbonyl (C=O) groups excluding carboxylic acids is 2. The van der Waals surface area contributed by atoms with Crippen LogP contribution in [0.25, 0.3) is 0 Å². The number of nitrogens with zero attached hydrogens (tertiary/aromatic N) is 2. The van der Waals surface area contributed by atoms with Crippen LogP contribution in [0.1, 0.15) is 22.3 Å². The third-order valence-electron chi connectivity index (χ3n) is 5.24. The Balaban J connectivity index is 1.94. The molecule has 0 aliphatic rings. The van der Waals surface area contributed by atoms with Gasteiger partial charge in [0, 0.05) is 19.3 Å². The molecule has 2 amide bonds. The average Bonchev–Trinajstić information content (AvgIpc) is 2.71. The van der Waals surface area contributed by atoms with E-state index >= 15 is 0 Å². The third kappa shape index (κ3) is 6.46. The van der Waals surface area contributed by atoms with Gasteiger partial charge in [0.2, 0.25) is 11.8 Å². The lowest BCUT2D eigenvalue weighted by atomic mass is 10.1. The highest BCUT2D eigenvalue weighted by Crippen LogP contribution is 2.30. The molecule has 7 heteroatoms. The van der Waals surface area contributed by atoms with Gasteiger partial charge in [-0.3, -0.25) is 14.5 Å². The molecule has 2 rings (SSSR count). The first-order chi connectivity index (χ1) is 14.7. The van der Waals surface area contributed by atoms with Crippen LogP contribution >= 0.6 is 0 Å². The maximum atomic E-state index is 12.7. The average molecular weight is 428 g/mol. The Morgan fingerprint density at radius 3 is 2.06 bits per heavy atom. The van der Waals surface area contributed by atoms with E-state index in [0.717, 1.165) is 27.9 Å². The maximum absolute atomic E-state index is 12.7. The molecule has 7 nitrogen and oxygen atoms in total. The molecule has 0 saturated carbocycles. The van der Waals surface area contributed by atoms with Gasteiger partial charge in [-0.05, 0) is 62.2 Å². The van der Waals surface area contributed by atoms with Gasteiger partial charge in [-0.25, -0.2) is 0 Å². The zero-order valence-corrected chi connectivity index (χ0v) is 19.5. The van der Waals surface area contributed by atoms with E-state index in [1.165, 1.54) is 0 Å². The Morgan fingerprint density at radius 2 is 1.48 bits per heavy atom. The van der Waals surface area contributed by atoms with Crippen LogP contribution in [0, 0.1) is 20.8 Å². The summed E-state index contributed by atoms with van der Waals surface area (Å²) in [5.41, 5.74) is 4.84. The minimum Gasteiger partial charge on any atom is -0.493 e. The quantitative estimate of drug-likeness (QED) is 0.666. The fourth-order valence-corrected chi connectivity index (χ4v) is 3.38. The number of para-hydroxylation sites is 1. The monoisotopic (exact) mass is 427 g/mol. The molecule has 0 aliphatic carbocycles. The summed E-state index contributed by atoms with van der Waals surface area (Å²) in [6.07, 6.45) is 0. The first-order valence-corrected chi connectivity index (χ1v) is 10.2. The van der Waals surface area contributed by atoms with Crippen molar-refractivity contribution in [2.45, 2.75) is 27.3 Å². The fourth-order valence-electron chi connectivity index (χ4n) is 3.38. The third-order valence-corrected chi connectivity index (χ3v) is 5.24. The molecule has 0 heterocycles. The number of nitrogens with one attached hydrogen (secondary N) is 1. The molecule has 2 aromatic carbocycles. The summed E-state index contributed by atoms with van der Waals surface area (Å²) in [6.45, 7) is 6.60. The second-order valence-electron chi connectivity index (χ2n) is 7.87. The van der Waals surface area contributed by atoms with Crippen molar-refractivity contribution in [3.8, 4) is 11.5 Å². The molecule has 0 aromatic heterocycles.